The maximum absolute atomic E-state index is 14.4. The summed E-state index contributed by atoms with van der Waals surface area (Å²) in [5.41, 5.74) is 3.52. The number of piperidine rings is 1. The van der Waals surface area contributed by atoms with Crippen molar-refractivity contribution in [3.8, 4) is 17.0 Å². The van der Waals surface area contributed by atoms with Gasteiger partial charge in [0, 0.05) is 54.5 Å². The first kappa shape index (κ1) is 23.8. The molecule has 0 saturated carbocycles. The molecule has 0 atom stereocenters. The highest BCUT2D eigenvalue weighted by Gasteiger charge is 2.27. The van der Waals surface area contributed by atoms with E-state index in [9.17, 15) is 9.18 Å². The molecule has 0 radical (unpaired) electrons. The molecule has 3 heterocycles. The van der Waals surface area contributed by atoms with Gasteiger partial charge in [-0.3, -0.25) is 4.79 Å². The van der Waals surface area contributed by atoms with Crippen LogP contribution in [0.3, 0.4) is 0 Å². The van der Waals surface area contributed by atoms with E-state index in [4.69, 9.17) is 4.74 Å². The van der Waals surface area contributed by atoms with Gasteiger partial charge in [0.1, 0.15) is 17.4 Å². The minimum Gasteiger partial charge on any atom is -0.494 e. The zero-order chi connectivity index (χ0) is 25.1. The van der Waals surface area contributed by atoms with Crippen LogP contribution in [0.25, 0.3) is 16.9 Å². The van der Waals surface area contributed by atoms with Gasteiger partial charge in [-0.25, -0.2) is 9.37 Å². The number of fused-ring (bicyclic) bond motifs is 1. The minimum atomic E-state index is -0.310. The van der Waals surface area contributed by atoms with Crippen molar-refractivity contribution < 1.29 is 13.9 Å². The van der Waals surface area contributed by atoms with E-state index < -0.39 is 0 Å². The van der Waals surface area contributed by atoms with Gasteiger partial charge in [-0.15, -0.1) is 0 Å². The molecule has 0 aliphatic carbocycles. The number of anilines is 1. The van der Waals surface area contributed by atoms with Crippen molar-refractivity contribution in [3.63, 3.8) is 0 Å². The highest BCUT2D eigenvalue weighted by Crippen LogP contribution is 2.28. The molecule has 0 bridgehead atoms. The number of para-hydroxylation sites is 1. The highest BCUT2D eigenvalue weighted by atomic mass is 19.1. The zero-order valence-electron chi connectivity index (χ0n) is 20.6. The van der Waals surface area contributed by atoms with Gasteiger partial charge in [0.2, 0.25) is 5.91 Å². The number of nitrogens with one attached hydrogen (secondary N) is 1. The van der Waals surface area contributed by atoms with E-state index in [0.717, 1.165) is 48.8 Å². The number of halogens is 1. The summed E-state index contributed by atoms with van der Waals surface area (Å²) in [5, 5.41) is 7.77. The van der Waals surface area contributed by atoms with Gasteiger partial charge in [0.25, 0.3) is 0 Å². The Labute approximate surface area is 209 Å². The second-order valence-electron chi connectivity index (χ2n) is 9.06. The summed E-state index contributed by atoms with van der Waals surface area (Å²) in [6.45, 7) is 6.38. The number of carbonyl (C=O) groups is 1. The van der Waals surface area contributed by atoms with Gasteiger partial charge in [-0.2, -0.15) is 9.61 Å². The van der Waals surface area contributed by atoms with E-state index in [2.05, 4.69) is 20.3 Å². The largest absolute Gasteiger partial charge is 0.494 e. The van der Waals surface area contributed by atoms with Gasteiger partial charge in [0.05, 0.1) is 12.3 Å². The molecule has 4 aromatic rings. The third-order valence-electron chi connectivity index (χ3n) is 6.60. The van der Waals surface area contributed by atoms with Crippen molar-refractivity contribution in [1.82, 2.24) is 19.9 Å². The molecule has 2 aromatic carbocycles. The predicted molar refractivity (Wildman–Crippen MR) is 138 cm³/mol. The van der Waals surface area contributed by atoms with E-state index in [1.807, 2.05) is 50.2 Å². The molecule has 8 heteroatoms. The van der Waals surface area contributed by atoms with Crippen molar-refractivity contribution in [3.05, 3.63) is 77.7 Å². The molecule has 1 fully saturated rings. The summed E-state index contributed by atoms with van der Waals surface area (Å²) in [6.07, 6.45) is 1.48. The lowest BCUT2D eigenvalue weighted by Crippen LogP contribution is -2.41. The third kappa shape index (κ3) is 4.89. The Morgan fingerprint density at radius 3 is 2.64 bits per heavy atom. The number of aromatic nitrogens is 3. The Morgan fingerprint density at radius 1 is 1.11 bits per heavy atom. The molecule has 7 nitrogen and oxygen atoms in total. The summed E-state index contributed by atoms with van der Waals surface area (Å²) in [7, 11) is 0. The second kappa shape index (κ2) is 10.4. The molecule has 2 aromatic heterocycles. The molecule has 186 valence electrons. The van der Waals surface area contributed by atoms with Crippen molar-refractivity contribution in [2.75, 3.05) is 24.6 Å². The van der Waals surface area contributed by atoms with Crippen LogP contribution in [0.2, 0.25) is 0 Å². The van der Waals surface area contributed by atoms with Gasteiger partial charge in [0.15, 0.2) is 5.65 Å². The lowest BCUT2D eigenvalue weighted by molar-refractivity contribution is -0.125. The molecule has 0 unspecified atom stereocenters. The van der Waals surface area contributed by atoms with Crippen LogP contribution in [0.4, 0.5) is 10.2 Å². The Bertz CT molecular complexity index is 1380. The fourth-order valence-corrected chi connectivity index (χ4v) is 4.75. The van der Waals surface area contributed by atoms with Crippen LogP contribution in [0.5, 0.6) is 5.75 Å². The number of ether oxygens (including phenoxy) is 1. The molecule has 5 rings (SSSR count). The number of benzene rings is 2. The van der Waals surface area contributed by atoms with Crippen molar-refractivity contribution >= 4 is 17.4 Å². The standard InChI is InChI=1S/C28H30FN5O2/c1-3-36-25-11-7-4-8-21(25)18-30-28(35)20-12-14-33(15-13-20)27-16-19(2)31-26-17-24(32-34(26)27)22-9-5-6-10-23(22)29/h4-11,16-17,20H,3,12-15,18H2,1-2H3,(H,30,35). The summed E-state index contributed by atoms with van der Waals surface area (Å²) in [6, 6.07) is 18.2. The van der Waals surface area contributed by atoms with E-state index in [0.29, 0.717) is 30.1 Å². The summed E-state index contributed by atoms with van der Waals surface area (Å²) < 4.78 is 21.8. The second-order valence-corrected chi connectivity index (χ2v) is 9.06. The van der Waals surface area contributed by atoms with Crippen LogP contribution in [-0.4, -0.2) is 40.2 Å². The van der Waals surface area contributed by atoms with E-state index in [1.54, 1.807) is 22.7 Å². The maximum Gasteiger partial charge on any atom is 0.223 e. The average Bonchev–Trinajstić information content (AvgIpc) is 3.31. The number of amides is 1. The molecule has 1 aliphatic rings. The van der Waals surface area contributed by atoms with Gasteiger partial charge < -0.3 is 15.0 Å². The Hall–Kier alpha value is -3.94. The van der Waals surface area contributed by atoms with Gasteiger partial charge >= 0.3 is 0 Å². The fraction of sp³-hybridized carbons (Fsp3) is 0.321. The Kier molecular flexibility index (Phi) is 6.84. The molecular formula is C28H30FN5O2. The maximum atomic E-state index is 14.4. The first-order valence-corrected chi connectivity index (χ1v) is 12.4. The molecule has 1 aliphatic heterocycles. The number of nitrogens with zero attached hydrogens (tertiary/aromatic N) is 4. The van der Waals surface area contributed by atoms with Crippen LogP contribution < -0.4 is 15.0 Å². The molecule has 1 N–H and O–H groups in total. The zero-order valence-corrected chi connectivity index (χ0v) is 20.6. The minimum absolute atomic E-state index is 0.0504. The Morgan fingerprint density at radius 2 is 1.86 bits per heavy atom. The average molecular weight is 488 g/mol. The number of aryl methyl sites for hydroxylation is 1. The summed E-state index contributed by atoms with van der Waals surface area (Å²) >= 11 is 0. The third-order valence-corrected chi connectivity index (χ3v) is 6.60. The van der Waals surface area contributed by atoms with Crippen molar-refractivity contribution in [2.45, 2.75) is 33.2 Å². The Balaban J connectivity index is 1.27. The van der Waals surface area contributed by atoms with E-state index >= 15 is 0 Å². The SMILES string of the molecule is CCOc1ccccc1CNC(=O)C1CCN(c2cc(C)nc3cc(-c4ccccc4F)nn23)CC1. The van der Waals surface area contributed by atoms with Crippen LogP contribution in [0, 0.1) is 18.7 Å². The lowest BCUT2D eigenvalue weighted by atomic mass is 9.95. The van der Waals surface area contributed by atoms with Crippen molar-refractivity contribution in [1.29, 1.82) is 0 Å². The molecular weight excluding hydrogens is 457 g/mol. The number of hydrogen-bond donors (Lipinski definition) is 1. The number of carbonyl (C=O) groups excluding carboxylic acids is 1. The molecule has 36 heavy (non-hydrogen) atoms. The smallest absolute Gasteiger partial charge is 0.223 e. The van der Waals surface area contributed by atoms with E-state index in [-0.39, 0.29) is 17.6 Å². The summed E-state index contributed by atoms with van der Waals surface area (Å²) in [5.74, 6) is 1.42. The topological polar surface area (TPSA) is 71.8 Å². The van der Waals surface area contributed by atoms with Crippen LogP contribution in [-0.2, 0) is 11.3 Å². The lowest BCUT2D eigenvalue weighted by Gasteiger charge is -2.33. The molecule has 1 amide bonds. The predicted octanol–water partition coefficient (Wildman–Crippen LogP) is 4.78. The number of hydrogen-bond acceptors (Lipinski definition) is 5. The number of rotatable bonds is 7. The normalized spacial score (nSPS) is 14.2. The van der Waals surface area contributed by atoms with Crippen LogP contribution in [0.1, 0.15) is 31.0 Å². The van der Waals surface area contributed by atoms with Crippen LogP contribution in [0.15, 0.2) is 60.7 Å². The molecule has 1 saturated heterocycles. The van der Waals surface area contributed by atoms with Gasteiger partial charge in [-0.05, 0) is 44.9 Å². The van der Waals surface area contributed by atoms with Crippen molar-refractivity contribution in [2.24, 2.45) is 5.92 Å². The highest BCUT2D eigenvalue weighted by molar-refractivity contribution is 5.79. The first-order chi connectivity index (χ1) is 17.5. The first-order valence-electron chi connectivity index (χ1n) is 12.4. The quantitative estimate of drug-likeness (QED) is 0.406. The summed E-state index contributed by atoms with van der Waals surface area (Å²) in [4.78, 5) is 19.7. The van der Waals surface area contributed by atoms with Gasteiger partial charge in [-0.1, -0.05) is 30.3 Å². The van der Waals surface area contributed by atoms with Crippen LogP contribution >= 0.6 is 0 Å². The monoisotopic (exact) mass is 487 g/mol. The molecule has 0 spiro atoms. The fourth-order valence-electron chi connectivity index (χ4n) is 4.75. The van der Waals surface area contributed by atoms with E-state index in [1.165, 1.54) is 6.07 Å².